The summed E-state index contributed by atoms with van der Waals surface area (Å²) >= 11 is 6.06. The lowest BCUT2D eigenvalue weighted by atomic mass is 9.95. The maximum Gasteiger partial charge on any atom is 0.240 e. The molecule has 28 heavy (non-hydrogen) atoms. The molecular weight excluding hydrogens is 400 g/mol. The summed E-state index contributed by atoms with van der Waals surface area (Å²) in [6.07, 6.45) is 1.51. The van der Waals surface area contributed by atoms with Crippen LogP contribution in [0.2, 0.25) is 5.02 Å². The summed E-state index contributed by atoms with van der Waals surface area (Å²) in [5.74, 6) is -0.114. The van der Waals surface area contributed by atoms with E-state index in [-0.39, 0.29) is 23.5 Å². The first-order valence-electron chi connectivity index (χ1n) is 8.96. The summed E-state index contributed by atoms with van der Waals surface area (Å²) in [5.41, 5.74) is 0.877. The molecule has 2 N–H and O–H groups in total. The first kappa shape index (κ1) is 20.8. The monoisotopic (exact) mass is 422 g/mol. The molecular formula is C20H23ClN2O4S. The van der Waals surface area contributed by atoms with Gasteiger partial charge in [0.1, 0.15) is 0 Å². The normalized spacial score (nSPS) is 16.4. The Labute approximate surface area is 170 Å². The number of carbonyl (C=O) groups excluding carboxylic acids is 1. The Balaban J connectivity index is 1.70. The van der Waals surface area contributed by atoms with E-state index in [1.807, 2.05) is 18.2 Å². The zero-order valence-corrected chi connectivity index (χ0v) is 17.3. The molecule has 1 amide bonds. The number of anilines is 1. The Bertz CT molecular complexity index is 956. The third-order valence-electron chi connectivity index (χ3n) is 4.76. The van der Waals surface area contributed by atoms with Crippen molar-refractivity contribution in [1.29, 1.82) is 0 Å². The predicted molar refractivity (Wildman–Crippen MR) is 109 cm³/mol. The minimum absolute atomic E-state index is 0.114. The Morgan fingerprint density at radius 1 is 1.21 bits per heavy atom. The van der Waals surface area contributed by atoms with Gasteiger partial charge in [-0.1, -0.05) is 23.7 Å². The van der Waals surface area contributed by atoms with Crippen LogP contribution in [-0.4, -0.2) is 34.1 Å². The van der Waals surface area contributed by atoms with Crippen molar-refractivity contribution in [2.24, 2.45) is 0 Å². The number of methoxy groups -OCH3 is 1. The highest BCUT2D eigenvalue weighted by atomic mass is 35.5. The standard InChI is InChI=1S/C20H23ClN2O4S/c1-14(13-27-2)23-28(25,26)18-8-6-17(7-9-18)22-19(24)20(10-11-20)15-4-3-5-16(21)12-15/h3-9,12,14,23H,10-11,13H2,1-2H3,(H,22,24). The van der Waals surface area contributed by atoms with Crippen LogP contribution in [0.25, 0.3) is 0 Å². The van der Waals surface area contributed by atoms with Gasteiger partial charge in [0.15, 0.2) is 0 Å². The lowest BCUT2D eigenvalue weighted by Crippen LogP contribution is -2.35. The maximum absolute atomic E-state index is 12.8. The van der Waals surface area contributed by atoms with E-state index in [2.05, 4.69) is 10.0 Å². The van der Waals surface area contributed by atoms with Crippen LogP contribution in [0.3, 0.4) is 0 Å². The average Bonchev–Trinajstić information content (AvgIpc) is 3.44. The molecule has 150 valence electrons. The molecule has 1 saturated carbocycles. The van der Waals surface area contributed by atoms with Crippen LogP contribution in [0, 0.1) is 0 Å². The number of rotatable bonds is 8. The van der Waals surface area contributed by atoms with Crippen molar-refractivity contribution in [3.05, 3.63) is 59.1 Å². The summed E-state index contributed by atoms with van der Waals surface area (Å²) in [4.78, 5) is 12.9. The molecule has 6 nitrogen and oxygen atoms in total. The van der Waals surface area contributed by atoms with Gasteiger partial charge in [-0.3, -0.25) is 4.79 Å². The van der Waals surface area contributed by atoms with E-state index >= 15 is 0 Å². The SMILES string of the molecule is COCC(C)NS(=O)(=O)c1ccc(NC(=O)C2(c3cccc(Cl)c3)CC2)cc1. The molecule has 0 radical (unpaired) electrons. The summed E-state index contributed by atoms with van der Waals surface area (Å²) in [6.45, 7) is 2.00. The second-order valence-corrected chi connectivity index (χ2v) is 9.20. The van der Waals surface area contributed by atoms with Crippen molar-refractivity contribution in [3.63, 3.8) is 0 Å². The molecule has 2 aromatic rings. The first-order chi connectivity index (χ1) is 13.3. The van der Waals surface area contributed by atoms with E-state index in [9.17, 15) is 13.2 Å². The summed E-state index contributed by atoms with van der Waals surface area (Å²) in [5, 5.41) is 3.48. The number of carbonyl (C=O) groups is 1. The van der Waals surface area contributed by atoms with E-state index in [4.69, 9.17) is 16.3 Å². The summed E-state index contributed by atoms with van der Waals surface area (Å²) in [6, 6.07) is 13.1. The van der Waals surface area contributed by atoms with E-state index in [0.717, 1.165) is 18.4 Å². The minimum Gasteiger partial charge on any atom is -0.383 e. The third kappa shape index (κ3) is 4.55. The fourth-order valence-electron chi connectivity index (χ4n) is 3.14. The van der Waals surface area contributed by atoms with Gasteiger partial charge in [-0.05, 0) is 61.7 Å². The van der Waals surface area contributed by atoms with Crippen molar-refractivity contribution >= 4 is 33.2 Å². The van der Waals surface area contributed by atoms with Gasteiger partial charge in [0.05, 0.1) is 16.9 Å². The topological polar surface area (TPSA) is 84.5 Å². The van der Waals surface area contributed by atoms with Gasteiger partial charge in [0.25, 0.3) is 0 Å². The molecule has 1 fully saturated rings. The quantitative estimate of drug-likeness (QED) is 0.683. The van der Waals surface area contributed by atoms with Gasteiger partial charge in [-0.15, -0.1) is 0 Å². The number of benzene rings is 2. The van der Waals surface area contributed by atoms with Crippen LogP contribution in [0.1, 0.15) is 25.3 Å². The largest absolute Gasteiger partial charge is 0.383 e. The fraction of sp³-hybridized carbons (Fsp3) is 0.350. The number of sulfonamides is 1. The number of amides is 1. The van der Waals surface area contributed by atoms with Crippen molar-refractivity contribution in [1.82, 2.24) is 4.72 Å². The fourth-order valence-corrected chi connectivity index (χ4v) is 4.56. The van der Waals surface area contributed by atoms with Crippen LogP contribution in [0.15, 0.2) is 53.4 Å². The van der Waals surface area contributed by atoms with E-state index in [0.29, 0.717) is 10.7 Å². The predicted octanol–water partition coefficient (Wildman–Crippen LogP) is 3.32. The van der Waals surface area contributed by atoms with Crippen LogP contribution in [-0.2, 0) is 25.0 Å². The number of ether oxygens (including phenoxy) is 1. The van der Waals surface area contributed by atoms with Crippen LogP contribution in [0.4, 0.5) is 5.69 Å². The second kappa shape index (κ2) is 8.21. The van der Waals surface area contributed by atoms with Gasteiger partial charge >= 0.3 is 0 Å². The van der Waals surface area contributed by atoms with Gasteiger partial charge in [0.2, 0.25) is 15.9 Å². The molecule has 0 saturated heterocycles. The lowest BCUT2D eigenvalue weighted by Gasteiger charge is -2.17. The number of halogens is 1. The molecule has 1 aliphatic rings. The zero-order chi connectivity index (χ0) is 20.4. The molecule has 2 aromatic carbocycles. The average molecular weight is 423 g/mol. The Hall–Kier alpha value is -1.93. The highest BCUT2D eigenvalue weighted by Crippen LogP contribution is 2.49. The molecule has 1 unspecified atom stereocenters. The molecule has 0 aliphatic heterocycles. The van der Waals surface area contributed by atoms with Crippen LogP contribution < -0.4 is 10.0 Å². The van der Waals surface area contributed by atoms with Gasteiger partial charge in [0, 0.05) is 23.9 Å². The van der Waals surface area contributed by atoms with E-state index < -0.39 is 15.4 Å². The number of hydrogen-bond acceptors (Lipinski definition) is 4. The van der Waals surface area contributed by atoms with Crippen LogP contribution >= 0.6 is 11.6 Å². The highest BCUT2D eigenvalue weighted by molar-refractivity contribution is 7.89. The Kier molecular flexibility index (Phi) is 6.09. The minimum atomic E-state index is -3.65. The van der Waals surface area contributed by atoms with Gasteiger partial charge in [-0.2, -0.15) is 0 Å². The highest BCUT2D eigenvalue weighted by Gasteiger charge is 2.51. The first-order valence-corrected chi connectivity index (χ1v) is 10.8. The van der Waals surface area contributed by atoms with E-state index in [1.54, 1.807) is 25.1 Å². The van der Waals surface area contributed by atoms with Crippen molar-refractivity contribution in [2.75, 3.05) is 19.0 Å². The Morgan fingerprint density at radius 2 is 1.89 bits per heavy atom. The van der Waals surface area contributed by atoms with E-state index in [1.165, 1.54) is 19.2 Å². The van der Waals surface area contributed by atoms with Gasteiger partial charge in [-0.25, -0.2) is 13.1 Å². The molecule has 0 spiro atoms. The molecule has 0 bridgehead atoms. The Morgan fingerprint density at radius 3 is 2.46 bits per heavy atom. The van der Waals surface area contributed by atoms with Crippen molar-refractivity contribution < 1.29 is 17.9 Å². The molecule has 8 heteroatoms. The summed E-state index contributed by atoms with van der Waals surface area (Å²) < 4.78 is 32.2. The maximum atomic E-state index is 12.8. The second-order valence-electron chi connectivity index (χ2n) is 7.05. The molecule has 1 aliphatic carbocycles. The molecule has 1 atom stereocenters. The smallest absolute Gasteiger partial charge is 0.240 e. The van der Waals surface area contributed by atoms with Crippen LogP contribution in [0.5, 0.6) is 0 Å². The zero-order valence-electron chi connectivity index (χ0n) is 15.7. The molecule has 0 aromatic heterocycles. The molecule has 0 heterocycles. The summed E-state index contributed by atoms with van der Waals surface area (Å²) in [7, 11) is -2.14. The van der Waals surface area contributed by atoms with Gasteiger partial charge < -0.3 is 10.1 Å². The van der Waals surface area contributed by atoms with Crippen molar-refractivity contribution in [2.45, 2.75) is 36.1 Å². The number of hydrogen-bond donors (Lipinski definition) is 2. The number of nitrogens with one attached hydrogen (secondary N) is 2. The third-order valence-corrected chi connectivity index (χ3v) is 6.60. The lowest BCUT2D eigenvalue weighted by molar-refractivity contribution is -0.118. The molecule has 3 rings (SSSR count). The van der Waals surface area contributed by atoms with Crippen molar-refractivity contribution in [3.8, 4) is 0 Å².